The first kappa shape index (κ1) is 21.1. The lowest BCUT2D eigenvalue weighted by molar-refractivity contribution is -0.120. The lowest BCUT2D eigenvalue weighted by Crippen LogP contribution is -2.33. The van der Waals surface area contributed by atoms with E-state index >= 15 is 0 Å². The largest absolute Gasteiger partial charge is 0.349 e. The van der Waals surface area contributed by atoms with Gasteiger partial charge in [0.2, 0.25) is 5.91 Å². The quantitative estimate of drug-likeness (QED) is 0.528. The van der Waals surface area contributed by atoms with Gasteiger partial charge in [-0.15, -0.1) is 23.1 Å². The molecule has 0 aliphatic rings. The normalized spacial score (nSPS) is 13.5. The van der Waals surface area contributed by atoms with Crippen LogP contribution in [-0.2, 0) is 10.5 Å². The van der Waals surface area contributed by atoms with Crippen molar-refractivity contribution >= 4 is 55.2 Å². The average molecular weight is 480 g/mol. The number of thioether (sulfide) groups is 1. The van der Waals surface area contributed by atoms with Gasteiger partial charge >= 0.3 is 0 Å². The van der Waals surface area contributed by atoms with E-state index < -0.39 is 0 Å². The van der Waals surface area contributed by atoms with Crippen LogP contribution in [0.25, 0.3) is 10.2 Å². The van der Waals surface area contributed by atoms with Gasteiger partial charge < -0.3 is 10.3 Å². The Morgan fingerprint density at radius 3 is 2.64 bits per heavy atom. The minimum atomic E-state index is -0.259. The molecule has 2 atom stereocenters. The molecule has 0 saturated heterocycles. The van der Waals surface area contributed by atoms with Crippen molar-refractivity contribution in [3.05, 3.63) is 60.9 Å². The van der Waals surface area contributed by atoms with Crippen LogP contribution in [-0.4, -0.2) is 21.1 Å². The number of H-pyrrole nitrogens is 1. The summed E-state index contributed by atoms with van der Waals surface area (Å²) in [6.07, 6.45) is 0. The minimum Gasteiger partial charge on any atom is -0.349 e. The summed E-state index contributed by atoms with van der Waals surface area (Å²) in [4.78, 5) is 34.2. The zero-order valence-electron chi connectivity index (χ0n) is 16.1. The van der Waals surface area contributed by atoms with E-state index in [2.05, 4.69) is 31.2 Å². The zero-order valence-corrected chi connectivity index (χ0v) is 19.3. The molecule has 0 fully saturated rings. The maximum atomic E-state index is 12.5. The standard InChI is InChI=1S/C20H22BrN3O2S2/c1-10-12(3)28-20-17(10)19(26)23-16(24-20)9-27-13(4)18(25)22-11(2)14-5-7-15(21)8-6-14/h5-8,11,13H,9H2,1-4H3,(H,22,25)(H,23,24,26). The molecule has 28 heavy (non-hydrogen) atoms. The maximum Gasteiger partial charge on any atom is 0.259 e. The Morgan fingerprint density at radius 1 is 1.29 bits per heavy atom. The van der Waals surface area contributed by atoms with Gasteiger partial charge in [0, 0.05) is 9.35 Å². The highest BCUT2D eigenvalue weighted by atomic mass is 79.9. The Bertz CT molecular complexity index is 1060. The van der Waals surface area contributed by atoms with Gasteiger partial charge in [-0.05, 0) is 51.0 Å². The van der Waals surface area contributed by atoms with E-state index in [1.807, 2.05) is 52.0 Å². The molecule has 0 aliphatic carbocycles. The molecule has 0 spiro atoms. The summed E-state index contributed by atoms with van der Waals surface area (Å²) in [5.74, 6) is 1.04. The number of carbonyl (C=O) groups is 1. The first-order valence-corrected chi connectivity index (χ1v) is 11.6. The molecule has 2 heterocycles. The monoisotopic (exact) mass is 479 g/mol. The van der Waals surface area contributed by atoms with E-state index in [0.29, 0.717) is 17.0 Å². The van der Waals surface area contributed by atoms with Crippen molar-refractivity contribution < 1.29 is 4.79 Å². The molecule has 1 amide bonds. The van der Waals surface area contributed by atoms with Crippen molar-refractivity contribution in [3.8, 4) is 0 Å². The molecule has 3 aromatic rings. The van der Waals surface area contributed by atoms with Crippen LogP contribution in [0.15, 0.2) is 33.5 Å². The molecule has 1 aromatic carbocycles. The summed E-state index contributed by atoms with van der Waals surface area (Å²) in [7, 11) is 0. The van der Waals surface area contributed by atoms with Crippen LogP contribution in [0.2, 0.25) is 0 Å². The number of aromatic nitrogens is 2. The fourth-order valence-corrected chi connectivity index (χ4v) is 4.89. The SMILES string of the molecule is Cc1sc2nc(CSC(C)C(=O)NC(C)c3ccc(Br)cc3)[nH]c(=O)c2c1C. The highest BCUT2D eigenvalue weighted by Gasteiger charge is 2.18. The fraction of sp³-hybridized carbons (Fsp3) is 0.350. The van der Waals surface area contributed by atoms with E-state index in [4.69, 9.17) is 0 Å². The topological polar surface area (TPSA) is 74.8 Å². The van der Waals surface area contributed by atoms with E-state index in [9.17, 15) is 9.59 Å². The molecule has 148 valence electrons. The summed E-state index contributed by atoms with van der Waals surface area (Å²) < 4.78 is 1.01. The second-order valence-electron chi connectivity index (χ2n) is 6.71. The summed E-state index contributed by atoms with van der Waals surface area (Å²) >= 11 is 6.41. The summed E-state index contributed by atoms with van der Waals surface area (Å²) in [5.41, 5.74) is 1.93. The van der Waals surface area contributed by atoms with Gasteiger partial charge in [0.15, 0.2) is 0 Å². The molecule has 0 bridgehead atoms. The molecule has 2 N–H and O–H groups in total. The number of aryl methyl sites for hydroxylation is 2. The Kier molecular flexibility index (Phi) is 6.62. The molecular formula is C20H22BrN3O2S2. The van der Waals surface area contributed by atoms with Crippen molar-refractivity contribution in [1.29, 1.82) is 0 Å². The smallest absolute Gasteiger partial charge is 0.259 e. The van der Waals surface area contributed by atoms with E-state index in [0.717, 1.165) is 25.3 Å². The van der Waals surface area contributed by atoms with Crippen molar-refractivity contribution in [2.75, 3.05) is 0 Å². The van der Waals surface area contributed by atoms with Crippen molar-refractivity contribution in [2.24, 2.45) is 0 Å². The third-order valence-corrected chi connectivity index (χ3v) is 7.44. The Labute approximate surface area is 180 Å². The predicted octanol–water partition coefficient (Wildman–Crippen LogP) is 4.86. The van der Waals surface area contributed by atoms with E-state index in [1.54, 1.807) is 0 Å². The third-order valence-electron chi connectivity index (χ3n) is 4.66. The molecular weight excluding hydrogens is 458 g/mol. The summed E-state index contributed by atoms with van der Waals surface area (Å²) in [5, 5.41) is 3.45. The Hall–Kier alpha value is -1.64. The Morgan fingerprint density at radius 2 is 1.96 bits per heavy atom. The fourth-order valence-electron chi connectivity index (χ4n) is 2.81. The number of rotatable bonds is 6. The molecule has 3 rings (SSSR count). The number of amides is 1. The van der Waals surface area contributed by atoms with Gasteiger partial charge in [-0.2, -0.15) is 0 Å². The molecule has 0 aliphatic heterocycles. The number of hydrogen-bond donors (Lipinski definition) is 2. The van der Waals surface area contributed by atoms with Crippen molar-refractivity contribution in [2.45, 2.75) is 44.7 Å². The van der Waals surface area contributed by atoms with E-state index in [1.165, 1.54) is 23.1 Å². The number of hydrogen-bond acceptors (Lipinski definition) is 5. The first-order chi connectivity index (χ1) is 13.3. The summed E-state index contributed by atoms with van der Waals surface area (Å²) in [6, 6.07) is 7.82. The second-order valence-corrected chi connectivity index (χ2v) is 10.2. The van der Waals surface area contributed by atoms with Gasteiger partial charge in [-0.25, -0.2) is 4.98 Å². The third kappa shape index (κ3) is 4.67. The number of nitrogens with zero attached hydrogens (tertiary/aromatic N) is 1. The van der Waals surface area contributed by atoms with Crippen LogP contribution in [0.4, 0.5) is 0 Å². The first-order valence-electron chi connectivity index (χ1n) is 8.92. The number of benzene rings is 1. The zero-order chi connectivity index (χ0) is 20.4. The molecule has 0 radical (unpaired) electrons. The minimum absolute atomic E-state index is 0.0355. The van der Waals surface area contributed by atoms with Crippen LogP contribution in [0.3, 0.4) is 0 Å². The van der Waals surface area contributed by atoms with Gasteiger partial charge in [-0.1, -0.05) is 28.1 Å². The number of aromatic amines is 1. The molecule has 5 nitrogen and oxygen atoms in total. The summed E-state index contributed by atoms with van der Waals surface area (Å²) in [6.45, 7) is 7.77. The number of thiophene rings is 1. The highest BCUT2D eigenvalue weighted by Crippen LogP contribution is 2.26. The van der Waals surface area contributed by atoms with Gasteiger partial charge in [0.25, 0.3) is 5.56 Å². The molecule has 0 saturated carbocycles. The van der Waals surface area contributed by atoms with Gasteiger partial charge in [-0.3, -0.25) is 9.59 Å². The molecule has 2 unspecified atom stereocenters. The maximum absolute atomic E-state index is 12.5. The molecule has 8 heteroatoms. The highest BCUT2D eigenvalue weighted by molar-refractivity contribution is 9.10. The lowest BCUT2D eigenvalue weighted by atomic mass is 10.1. The number of halogens is 1. The lowest BCUT2D eigenvalue weighted by Gasteiger charge is -2.17. The predicted molar refractivity (Wildman–Crippen MR) is 121 cm³/mol. The van der Waals surface area contributed by atoms with Crippen LogP contribution < -0.4 is 10.9 Å². The number of carbonyl (C=O) groups excluding carboxylic acids is 1. The van der Waals surface area contributed by atoms with Crippen molar-refractivity contribution in [1.82, 2.24) is 15.3 Å². The molecule has 2 aromatic heterocycles. The van der Waals surface area contributed by atoms with Crippen LogP contribution in [0.5, 0.6) is 0 Å². The number of nitrogens with one attached hydrogen (secondary N) is 2. The second kappa shape index (κ2) is 8.80. The Balaban J connectivity index is 1.62. The van der Waals surface area contributed by atoms with Gasteiger partial charge in [0.1, 0.15) is 10.7 Å². The van der Waals surface area contributed by atoms with Gasteiger partial charge in [0.05, 0.1) is 22.4 Å². The van der Waals surface area contributed by atoms with Crippen molar-refractivity contribution in [3.63, 3.8) is 0 Å². The van der Waals surface area contributed by atoms with E-state index in [-0.39, 0.29) is 22.8 Å². The average Bonchev–Trinajstić information content (AvgIpc) is 2.94. The van der Waals surface area contributed by atoms with Crippen LogP contribution in [0, 0.1) is 13.8 Å². The van der Waals surface area contributed by atoms with Crippen LogP contribution >= 0.6 is 39.0 Å². The number of fused-ring (bicyclic) bond motifs is 1. The van der Waals surface area contributed by atoms with Crippen LogP contribution in [0.1, 0.15) is 41.7 Å².